The number of benzene rings is 1. The molecule has 0 spiro atoms. The highest BCUT2D eigenvalue weighted by molar-refractivity contribution is 8.01. The van der Waals surface area contributed by atoms with Gasteiger partial charge in [0.15, 0.2) is 5.71 Å². The lowest BCUT2D eigenvalue weighted by atomic mass is 9.96. The Morgan fingerprint density at radius 1 is 1.28 bits per heavy atom. The van der Waals surface area contributed by atoms with Crippen LogP contribution in [0.4, 0.5) is 0 Å². The van der Waals surface area contributed by atoms with Crippen molar-refractivity contribution in [3.8, 4) is 0 Å². The first-order valence-electron chi connectivity index (χ1n) is 7.59. The number of oxime groups is 1. The second-order valence-electron chi connectivity index (χ2n) is 6.36. The van der Waals surface area contributed by atoms with Gasteiger partial charge in [0.2, 0.25) is 5.91 Å². The Bertz CT molecular complexity index is 764. The van der Waals surface area contributed by atoms with Crippen LogP contribution >= 0.6 is 11.8 Å². The maximum absolute atomic E-state index is 12.4. The summed E-state index contributed by atoms with van der Waals surface area (Å²) in [5.41, 5.74) is 0.206. The maximum Gasteiger partial charge on any atom is 0.327 e. The van der Waals surface area contributed by atoms with E-state index in [4.69, 9.17) is 5.21 Å². The molecule has 0 radical (unpaired) electrons. The van der Waals surface area contributed by atoms with Crippen LogP contribution in [0.25, 0.3) is 0 Å². The van der Waals surface area contributed by atoms with Crippen molar-refractivity contribution in [2.75, 3.05) is 0 Å². The van der Waals surface area contributed by atoms with Crippen LogP contribution in [0.5, 0.6) is 0 Å². The molecule has 3 N–H and O–H groups in total. The van der Waals surface area contributed by atoms with E-state index in [-0.39, 0.29) is 5.71 Å². The number of β-lactam (4-membered cyclic amide) rings is 1. The van der Waals surface area contributed by atoms with Gasteiger partial charge in [-0.2, -0.15) is 0 Å². The molecule has 2 heterocycles. The lowest BCUT2D eigenvalue weighted by Crippen LogP contribution is -2.71. The zero-order valence-corrected chi connectivity index (χ0v) is 14.4. The van der Waals surface area contributed by atoms with E-state index in [1.54, 1.807) is 44.2 Å². The molecule has 2 amide bonds. The molecule has 0 aromatic heterocycles. The van der Waals surface area contributed by atoms with E-state index in [0.29, 0.717) is 5.56 Å². The summed E-state index contributed by atoms with van der Waals surface area (Å²) < 4.78 is -0.668. The summed E-state index contributed by atoms with van der Waals surface area (Å²) in [6.45, 7) is 3.51. The van der Waals surface area contributed by atoms with Gasteiger partial charge in [-0.15, -0.1) is 11.8 Å². The molecule has 0 saturated carbocycles. The first-order chi connectivity index (χ1) is 11.8. The summed E-state index contributed by atoms with van der Waals surface area (Å²) in [5, 5.41) is 23.7. The fraction of sp³-hybridized carbons (Fsp3) is 0.375. The summed E-state index contributed by atoms with van der Waals surface area (Å²) >= 11 is 1.33. The molecule has 2 aliphatic rings. The van der Waals surface area contributed by atoms with Crippen molar-refractivity contribution < 1.29 is 24.7 Å². The second kappa shape index (κ2) is 6.07. The van der Waals surface area contributed by atoms with E-state index >= 15 is 0 Å². The van der Waals surface area contributed by atoms with E-state index in [9.17, 15) is 19.5 Å². The minimum Gasteiger partial charge on any atom is -0.480 e. The Hall–Kier alpha value is -2.55. The lowest BCUT2D eigenvalue weighted by molar-refractivity contribution is -0.160. The highest BCUT2D eigenvalue weighted by Crippen LogP contribution is 2.50. The fourth-order valence-electron chi connectivity index (χ4n) is 3.19. The van der Waals surface area contributed by atoms with E-state index in [2.05, 4.69) is 10.5 Å². The normalized spacial score (nSPS) is 27.4. The number of carboxylic acid groups (broad SMARTS) is 1. The highest BCUT2D eigenvalue weighted by Gasteiger charge is 2.64. The van der Waals surface area contributed by atoms with Crippen LogP contribution in [0.3, 0.4) is 0 Å². The summed E-state index contributed by atoms with van der Waals surface area (Å²) in [5.74, 6) is -2.21. The summed E-state index contributed by atoms with van der Waals surface area (Å²) in [6.07, 6.45) is 0. The van der Waals surface area contributed by atoms with Crippen LogP contribution < -0.4 is 5.32 Å². The number of thioether (sulfide) groups is 1. The molecule has 1 aromatic rings. The quantitative estimate of drug-likeness (QED) is 0.310. The van der Waals surface area contributed by atoms with Gasteiger partial charge in [0.05, 0.1) is 0 Å². The third kappa shape index (κ3) is 2.74. The Balaban J connectivity index is 1.76. The zero-order chi connectivity index (χ0) is 18.4. The standard InChI is InChI=1S/C16H17N3O5S/c1-16(2)11(15(22)23)19-13(21)10(14(19)25-16)17-12(20)9(18-24)8-6-4-3-5-7-8/h3-7,10-11,14,24H,1-2H3,(H,17,20)(H,22,23)/b18-9+/t10-,11?,14-/m1/s1. The fourth-order valence-corrected chi connectivity index (χ4v) is 4.81. The molecule has 0 bridgehead atoms. The van der Waals surface area contributed by atoms with Crippen LogP contribution in [-0.2, 0) is 14.4 Å². The molecule has 8 nitrogen and oxygen atoms in total. The van der Waals surface area contributed by atoms with Crippen molar-refractivity contribution in [2.45, 2.75) is 36.1 Å². The van der Waals surface area contributed by atoms with Crippen molar-refractivity contribution in [3.05, 3.63) is 35.9 Å². The average molecular weight is 363 g/mol. The third-order valence-electron chi connectivity index (χ3n) is 4.32. The summed E-state index contributed by atoms with van der Waals surface area (Å²) in [4.78, 5) is 37.5. The Kier molecular flexibility index (Phi) is 4.19. The van der Waals surface area contributed by atoms with E-state index in [0.717, 1.165) is 0 Å². The predicted molar refractivity (Wildman–Crippen MR) is 90.4 cm³/mol. The molecule has 1 unspecified atom stereocenters. The van der Waals surface area contributed by atoms with Crippen LogP contribution in [0.1, 0.15) is 19.4 Å². The topological polar surface area (TPSA) is 119 Å². The molecule has 25 heavy (non-hydrogen) atoms. The maximum atomic E-state index is 12.4. The number of nitrogens with zero attached hydrogens (tertiary/aromatic N) is 2. The van der Waals surface area contributed by atoms with E-state index in [1.165, 1.54) is 16.7 Å². The van der Waals surface area contributed by atoms with Crippen molar-refractivity contribution in [1.82, 2.24) is 10.2 Å². The third-order valence-corrected chi connectivity index (χ3v) is 5.90. The van der Waals surface area contributed by atoms with Gasteiger partial charge in [-0.25, -0.2) is 4.79 Å². The smallest absolute Gasteiger partial charge is 0.327 e. The summed E-state index contributed by atoms with van der Waals surface area (Å²) in [6, 6.07) is 6.57. The van der Waals surface area contributed by atoms with Crippen molar-refractivity contribution >= 4 is 35.3 Å². The van der Waals surface area contributed by atoms with Crippen molar-refractivity contribution in [1.29, 1.82) is 0 Å². The van der Waals surface area contributed by atoms with Gasteiger partial charge in [0.25, 0.3) is 5.91 Å². The first kappa shape index (κ1) is 17.3. The molecular formula is C16H17N3O5S. The van der Waals surface area contributed by atoms with Gasteiger partial charge >= 0.3 is 5.97 Å². The van der Waals surface area contributed by atoms with Crippen molar-refractivity contribution in [3.63, 3.8) is 0 Å². The van der Waals surface area contributed by atoms with Gasteiger partial charge in [-0.05, 0) is 13.8 Å². The van der Waals surface area contributed by atoms with Crippen LogP contribution in [0.15, 0.2) is 35.5 Å². The number of hydrogen-bond acceptors (Lipinski definition) is 6. The number of amides is 2. The molecule has 2 fully saturated rings. The van der Waals surface area contributed by atoms with Crippen LogP contribution in [-0.4, -0.2) is 60.9 Å². The van der Waals surface area contributed by atoms with Gasteiger partial charge in [-0.1, -0.05) is 35.5 Å². The average Bonchev–Trinajstić information content (AvgIpc) is 2.82. The Labute approximate surface area is 147 Å². The molecule has 132 valence electrons. The number of rotatable bonds is 4. The molecular weight excluding hydrogens is 346 g/mol. The van der Waals surface area contributed by atoms with Gasteiger partial charge in [0.1, 0.15) is 17.5 Å². The lowest BCUT2D eigenvalue weighted by Gasteiger charge is -2.43. The number of hydrogen-bond donors (Lipinski definition) is 3. The number of carboxylic acids is 1. The minimum absolute atomic E-state index is 0.205. The number of aliphatic carboxylic acids is 1. The molecule has 2 saturated heterocycles. The first-order valence-corrected chi connectivity index (χ1v) is 8.47. The zero-order valence-electron chi connectivity index (χ0n) is 13.5. The van der Waals surface area contributed by atoms with Crippen molar-refractivity contribution in [2.24, 2.45) is 5.16 Å². The predicted octanol–water partition coefficient (Wildman–Crippen LogP) is 0.497. The SMILES string of the molecule is CC1(C)S[C@@H]2[C@H](NC(=O)/C(=N/O)c3ccccc3)C(=O)N2C1C(=O)O. The van der Waals surface area contributed by atoms with Crippen LogP contribution in [0, 0.1) is 0 Å². The van der Waals surface area contributed by atoms with E-state index < -0.39 is 40.0 Å². The second-order valence-corrected chi connectivity index (χ2v) is 8.13. The Morgan fingerprint density at radius 2 is 1.92 bits per heavy atom. The van der Waals surface area contributed by atoms with E-state index in [1.807, 2.05) is 0 Å². The van der Waals surface area contributed by atoms with Gasteiger partial charge in [-0.3, -0.25) is 9.59 Å². The Morgan fingerprint density at radius 3 is 2.48 bits per heavy atom. The summed E-state index contributed by atoms with van der Waals surface area (Å²) in [7, 11) is 0. The number of fused-ring (bicyclic) bond motifs is 1. The molecule has 9 heteroatoms. The molecule has 3 atom stereocenters. The number of carbonyl (C=O) groups is 3. The van der Waals surface area contributed by atoms with Gasteiger partial charge < -0.3 is 20.5 Å². The van der Waals surface area contributed by atoms with Crippen LogP contribution in [0.2, 0.25) is 0 Å². The largest absolute Gasteiger partial charge is 0.480 e. The number of nitrogens with one attached hydrogen (secondary N) is 1. The highest BCUT2D eigenvalue weighted by atomic mass is 32.2. The number of carbonyl (C=O) groups excluding carboxylic acids is 2. The van der Waals surface area contributed by atoms with Gasteiger partial charge in [0, 0.05) is 10.3 Å². The molecule has 1 aromatic carbocycles. The molecule has 3 rings (SSSR count). The monoisotopic (exact) mass is 363 g/mol. The minimum atomic E-state index is -1.07. The molecule has 2 aliphatic heterocycles. The molecule has 0 aliphatic carbocycles.